The minimum Gasteiger partial charge on any atom is -0.493 e. The van der Waals surface area contributed by atoms with Gasteiger partial charge in [-0.3, -0.25) is 4.79 Å². The quantitative estimate of drug-likeness (QED) is 0.814. The molecule has 2 aromatic carbocycles. The van der Waals surface area contributed by atoms with E-state index in [1.165, 1.54) is 6.92 Å². The summed E-state index contributed by atoms with van der Waals surface area (Å²) < 4.78 is 5.44. The number of ether oxygens (including phenoxy) is 1. The molecule has 6 nitrogen and oxygen atoms in total. The van der Waals surface area contributed by atoms with Gasteiger partial charge in [-0.1, -0.05) is 6.07 Å². The number of carbonyl (C=O) groups is 2. The molecule has 0 atom stereocenters. The SMILES string of the molecule is CC(=O)Nc1cccc(NC(=O)Nc2ccc3c(c2)CCO3)c1. The molecule has 3 amide bonds. The summed E-state index contributed by atoms with van der Waals surface area (Å²) in [6, 6.07) is 12.2. The average Bonchev–Trinajstić information content (AvgIpc) is 2.94. The zero-order valence-corrected chi connectivity index (χ0v) is 12.7. The Bertz CT molecular complexity index is 758. The number of rotatable bonds is 3. The van der Waals surface area contributed by atoms with Crippen LogP contribution in [0.1, 0.15) is 12.5 Å². The molecule has 23 heavy (non-hydrogen) atoms. The number of carbonyl (C=O) groups excluding carboxylic acids is 2. The van der Waals surface area contributed by atoms with Gasteiger partial charge >= 0.3 is 6.03 Å². The zero-order chi connectivity index (χ0) is 16.2. The van der Waals surface area contributed by atoms with Crippen LogP contribution in [0.2, 0.25) is 0 Å². The lowest BCUT2D eigenvalue weighted by molar-refractivity contribution is -0.114. The minimum absolute atomic E-state index is 0.160. The summed E-state index contributed by atoms with van der Waals surface area (Å²) in [5.74, 6) is 0.714. The van der Waals surface area contributed by atoms with Gasteiger partial charge in [0.15, 0.2) is 0 Å². The Balaban J connectivity index is 1.64. The molecule has 0 aliphatic carbocycles. The Labute approximate surface area is 133 Å². The van der Waals surface area contributed by atoms with Crippen molar-refractivity contribution in [3.8, 4) is 5.75 Å². The smallest absolute Gasteiger partial charge is 0.323 e. The summed E-state index contributed by atoms with van der Waals surface area (Å²) in [5.41, 5.74) is 3.03. The maximum Gasteiger partial charge on any atom is 0.323 e. The normalized spacial score (nSPS) is 12.0. The molecule has 3 N–H and O–H groups in total. The van der Waals surface area contributed by atoms with Crippen LogP contribution in [0.25, 0.3) is 0 Å². The Hall–Kier alpha value is -3.02. The fraction of sp³-hybridized carbons (Fsp3) is 0.176. The molecule has 0 radical (unpaired) electrons. The highest BCUT2D eigenvalue weighted by Crippen LogP contribution is 2.27. The minimum atomic E-state index is -0.344. The Morgan fingerprint density at radius 1 is 0.957 bits per heavy atom. The van der Waals surface area contributed by atoms with Crippen molar-refractivity contribution in [3.05, 3.63) is 48.0 Å². The van der Waals surface area contributed by atoms with Gasteiger partial charge in [0.05, 0.1) is 6.61 Å². The molecule has 1 aliphatic rings. The van der Waals surface area contributed by atoms with Crippen molar-refractivity contribution in [1.82, 2.24) is 0 Å². The zero-order valence-electron chi connectivity index (χ0n) is 12.7. The van der Waals surface area contributed by atoms with Crippen LogP contribution in [-0.2, 0) is 11.2 Å². The van der Waals surface area contributed by atoms with Crippen molar-refractivity contribution in [2.75, 3.05) is 22.6 Å². The van der Waals surface area contributed by atoms with E-state index in [1.54, 1.807) is 30.3 Å². The van der Waals surface area contributed by atoms with Crippen LogP contribution in [0.15, 0.2) is 42.5 Å². The summed E-state index contributed by atoms with van der Waals surface area (Å²) >= 11 is 0. The van der Waals surface area contributed by atoms with Crippen molar-refractivity contribution < 1.29 is 14.3 Å². The van der Waals surface area contributed by atoms with Gasteiger partial charge in [-0.05, 0) is 42.0 Å². The molecule has 2 aromatic rings. The maximum atomic E-state index is 12.1. The summed E-state index contributed by atoms with van der Waals surface area (Å²) in [5, 5.41) is 8.20. The summed E-state index contributed by atoms with van der Waals surface area (Å²) in [6.07, 6.45) is 0.852. The van der Waals surface area contributed by atoms with Crippen LogP contribution in [-0.4, -0.2) is 18.5 Å². The number of fused-ring (bicyclic) bond motifs is 1. The van der Waals surface area contributed by atoms with Gasteiger partial charge < -0.3 is 20.7 Å². The topological polar surface area (TPSA) is 79.5 Å². The second kappa shape index (κ2) is 6.39. The van der Waals surface area contributed by atoms with Gasteiger partial charge in [0.2, 0.25) is 5.91 Å². The number of hydrogen-bond acceptors (Lipinski definition) is 3. The fourth-order valence-electron chi connectivity index (χ4n) is 2.44. The Morgan fingerprint density at radius 2 is 1.65 bits per heavy atom. The lowest BCUT2D eigenvalue weighted by Gasteiger charge is -2.10. The second-order valence-corrected chi connectivity index (χ2v) is 5.26. The van der Waals surface area contributed by atoms with Crippen LogP contribution in [0.4, 0.5) is 21.9 Å². The summed E-state index contributed by atoms with van der Waals surface area (Å²) in [4.78, 5) is 23.1. The molecule has 0 bridgehead atoms. The first-order valence-corrected chi connectivity index (χ1v) is 7.31. The largest absolute Gasteiger partial charge is 0.493 e. The standard InChI is InChI=1S/C17H17N3O3/c1-11(21)18-13-3-2-4-14(10-13)19-17(22)20-15-5-6-16-12(9-15)7-8-23-16/h2-6,9-10H,7-8H2,1H3,(H,18,21)(H2,19,20,22). The molecule has 1 heterocycles. The second-order valence-electron chi connectivity index (χ2n) is 5.26. The van der Waals surface area contributed by atoms with Crippen molar-refractivity contribution in [3.63, 3.8) is 0 Å². The third-order valence-electron chi connectivity index (χ3n) is 3.39. The third-order valence-corrected chi connectivity index (χ3v) is 3.39. The van der Waals surface area contributed by atoms with E-state index in [-0.39, 0.29) is 11.9 Å². The predicted octanol–water partition coefficient (Wildman–Crippen LogP) is 3.22. The van der Waals surface area contributed by atoms with E-state index in [2.05, 4.69) is 16.0 Å². The molecule has 0 saturated carbocycles. The van der Waals surface area contributed by atoms with Crippen LogP contribution < -0.4 is 20.7 Å². The number of hydrogen-bond donors (Lipinski definition) is 3. The first kappa shape index (κ1) is 14.9. The molecule has 0 saturated heterocycles. The molecule has 0 aromatic heterocycles. The molecule has 1 aliphatic heterocycles. The lowest BCUT2D eigenvalue weighted by atomic mass is 10.1. The highest BCUT2D eigenvalue weighted by atomic mass is 16.5. The van der Waals surface area contributed by atoms with E-state index >= 15 is 0 Å². The molecule has 0 fully saturated rings. The van der Waals surface area contributed by atoms with Crippen LogP contribution in [0.3, 0.4) is 0 Å². The Kier molecular flexibility index (Phi) is 4.14. The fourth-order valence-corrected chi connectivity index (χ4v) is 2.44. The molecule has 0 unspecified atom stereocenters. The molecule has 118 valence electrons. The number of amides is 3. The van der Waals surface area contributed by atoms with E-state index in [0.717, 1.165) is 17.7 Å². The number of nitrogens with one attached hydrogen (secondary N) is 3. The first-order chi connectivity index (χ1) is 11.1. The van der Waals surface area contributed by atoms with Crippen molar-refractivity contribution >= 4 is 29.0 Å². The number of benzene rings is 2. The van der Waals surface area contributed by atoms with Crippen molar-refractivity contribution in [1.29, 1.82) is 0 Å². The highest BCUT2D eigenvalue weighted by molar-refractivity contribution is 6.00. The van der Waals surface area contributed by atoms with Gasteiger partial charge in [0.25, 0.3) is 0 Å². The first-order valence-electron chi connectivity index (χ1n) is 7.31. The molecular weight excluding hydrogens is 294 g/mol. The van der Waals surface area contributed by atoms with Gasteiger partial charge in [-0.2, -0.15) is 0 Å². The Morgan fingerprint density at radius 3 is 2.39 bits per heavy atom. The van der Waals surface area contributed by atoms with Crippen LogP contribution in [0, 0.1) is 0 Å². The number of anilines is 3. The van der Waals surface area contributed by atoms with E-state index in [1.807, 2.05) is 12.1 Å². The molecule has 3 rings (SSSR count). The van der Waals surface area contributed by atoms with E-state index in [9.17, 15) is 9.59 Å². The van der Waals surface area contributed by atoms with Crippen molar-refractivity contribution in [2.24, 2.45) is 0 Å². The molecule has 6 heteroatoms. The number of urea groups is 1. The van der Waals surface area contributed by atoms with Gasteiger partial charge in [-0.15, -0.1) is 0 Å². The van der Waals surface area contributed by atoms with Gasteiger partial charge in [-0.25, -0.2) is 4.79 Å². The van der Waals surface area contributed by atoms with E-state index in [0.29, 0.717) is 23.7 Å². The summed E-state index contributed by atoms with van der Waals surface area (Å²) in [6.45, 7) is 2.12. The highest BCUT2D eigenvalue weighted by Gasteiger charge is 2.13. The molecular formula is C17H17N3O3. The van der Waals surface area contributed by atoms with E-state index < -0.39 is 0 Å². The maximum absolute atomic E-state index is 12.1. The van der Waals surface area contributed by atoms with Gasteiger partial charge in [0.1, 0.15) is 5.75 Å². The van der Waals surface area contributed by atoms with Crippen LogP contribution >= 0.6 is 0 Å². The third kappa shape index (κ3) is 3.79. The molecule has 0 spiro atoms. The van der Waals surface area contributed by atoms with Gasteiger partial charge in [0, 0.05) is 30.4 Å². The van der Waals surface area contributed by atoms with E-state index in [4.69, 9.17) is 4.74 Å². The predicted molar refractivity (Wildman–Crippen MR) is 89.0 cm³/mol. The lowest BCUT2D eigenvalue weighted by Crippen LogP contribution is -2.19. The average molecular weight is 311 g/mol. The van der Waals surface area contributed by atoms with Crippen LogP contribution in [0.5, 0.6) is 5.75 Å². The van der Waals surface area contributed by atoms with Crippen molar-refractivity contribution in [2.45, 2.75) is 13.3 Å². The monoisotopic (exact) mass is 311 g/mol. The summed E-state index contributed by atoms with van der Waals surface area (Å²) in [7, 11) is 0.